The second-order valence-corrected chi connectivity index (χ2v) is 4.85. The predicted octanol–water partition coefficient (Wildman–Crippen LogP) is 1.17. The van der Waals surface area contributed by atoms with Crippen LogP contribution in [0.25, 0.3) is 0 Å². The third kappa shape index (κ3) is 3.78. The molecule has 1 saturated heterocycles. The van der Waals surface area contributed by atoms with Crippen molar-refractivity contribution in [2.24, 2.45) is 11.8 Å². The second-order valence-electron chi connectivity index (χ2n) is 4.85. The van der Waals surface area contributed by atoms with Crippen LogP contribution in [-0.4, -0.2) is 51.2 Å². The Balaban J connectivity index is 1.76. The molecule has 2 bridgehead atoms. The molecule has 2 aliphatic heterocycles. The van der Waals surface area contributed by atoms with Gasteiger partial charge in [0.1, 0.15) is 0 Å². The van der Waals surface area contributed by atoms with Gasteiger partial charge in [-0.2, -0.15) is 0 Å². The molecule has 0 aromatic heterocycles. The molecule has 0 radical (unpaired) electrons. The summed E-state index contributed by atoms with van der Waals surface area (Å²) in [5, 5.41) is 0. The smallest absolute Gasteiger partial charge is 0.302 e. The Bertz CT molecular complexity index is 328. The summed E-state index contributed by atoms with van der Waals surface area (Å²) in [6.07, 6.45) is 4.28. The Kier molecular flexibility index (Phi) is 5.36. The molecule has 0 saturated carbocycles. The Hall–Kier alpha value is -0.910. The largest absolute Gasteiger partial charge is 0.465 e. The van der Waals surface area contributed by atoms with Crippen LogP contribution >= 0.6 is 0 Å². The first-order valence-corrected chi connectivity index (χ1v) is 6.85. The molecule has 108 valence electrons. The predicted molar refractivity (Wildman–Crippen MR) is 68.7 cm³/mol. The van der Waals surface area contributed by atoms with Crippen molar-refractivity contribution in [2.45, 2.75) is 26.1 Å². The second kappa shape index (κ2) is 7.03. The standard InChI is InChI=1S/C14H22O5/c1-3-16-6-7-17-8-11-12(9-18-10(2)15)14-5-4-13(11)19-14/h4-5,11-14H,3,6-9H2,1-2H3/t11-,12+,13+,14-/m0/s1. The van der Waals surface area contributed by atoms with Crippen LogP contribution in [0.1, 0.15) is 13.8 Å². The van der Waals surface area contributed by atoms with E-state index in [1.54, 1.807) is 0 Å². The third-order valence-electron chi connectivity index (χ3n) is 3.56. The summed E-state index contributed by atoms with van der Waals surface area (Å²) in [5.41, 5.74) is 0. The van der Waals surface area contributed by atoms with Gasteiger partial charge in [-0.15, -0.1) is 0 Å². The molecule has 2 aliphatic rings. The lowest BCUT2D eigenvalue weighted by Gasteiger charge is -2.24. The van der Waals surface area contributed by atoms with E-state index in [2.05, 4.69) is 12.2 Å². The fourth-order valence-corrected chi connectivity index (χ4v) is 2.60. The zero-order chi connectivity index (χ0) is 13.7. The number of carbonyl (C=O) groups is 1. The summed E-state index contributed by atoms with van der Waals surface area (Å²) < 4.78 is 21.8. The highest BCUT2D eigenvalue weighted by Crippen LogP contribution is 2.39. The van der Waals surface area contributed by atoms with Crippen LogP contribution in [0.3, 0.4) is 0 Å². The van der Waals surface area contributed by atoms with E-state index in [-0.39, 0.29) is 30.0 Å². The summed E-state index contributed by atoms with van der Waals surface area (Å²) in [4.78, 5) is 10.9. The Labute approximate surface area is 113 Å². The van der Waals surface area contributed by atoms with Crippen LogP contribution in [0.15, 0.2) is 12.2 Å². The SMILES string of the molecule is CCOCCOC[C@H]1[C@@H](COC(C)=O)[C@@H]2C=C[C@H]1O2. The fourth-order valence-electron chi connectivity index (χ4n) is 2.60. The van der Waals surface area contributed by atoms with Crippen LogP contribution in [0.4, 0.5) is 0 Å². The summed E-state index contributed by atoms with van der Waals surface area (Å²) >= 11 is 0. The fraction of sp³-hybridized carbons (Fsp3) is 0.786. The molecule has 2 rings (SSSR count). The van der Waals surface area contributed by atoms with Gasteiger partial charge in [-0.1, -0.05) is 12.2 Å². The van der Waals surface area contributed by atoms with E-state index in [1.165, 1.54) is 6.92 Å². The molecule has 5 nitrogen and oxygen atoms in total. The van der Waals surface area contributed by atoms with Gasteiger partial charge < -0.3 is 18.9 Å². The van der Waals surface area contributed by atoms with Crippen molar-refractivity contribution in [1.29, 1.82) is 0 Å². The van der Waals surface area contributed by atoms with E-state index < -0.39 is 0 Å². The molecular weight excluding hydrogens is 248 g/mol. The lowest BCUT2D eigenvalue weighted by atomic mass is 9.84. The maximum atomic E-state index is 10.9. The first kappa shape index (κ1) is 14.5. The number of hydrogen-bond donors (Lipinski definition) is 0. The number of esters is 1. The van der Waals surface area contributed by atoms with Gasteiger partial charge in [0, 0.05) is 25.4 Å². The average molecular weight is 270 g/mol. The van der Waals surface area contributed by atoms with Crippen LogP contribution in [-0.2, 0) is 23.7 Å². The molecule has 0 aliphatic carbocycles. The van der Waals surface area contributed by atoms with Gasteiger partial charge in [0.25, 0.3) is 0 Å². The quantitative estimate of drug-likeness (QED) is 0.376. The van der Waals surface area contributed by atoms with Crippen molar-refractivity contribution in [2.75, 3.05) is 33.0 Å². The molecule has 0 spiro atoms. The first-order valence-electron chi connectivity index (χ1n) is 6.85. The molecule has 1 fully saturated rings. The van der Waals surface area contributed by atoms with Crippen molar-refractivity contribution in [1.82, 2.24) is 0 Å². The monoisotopic (exact) mass is 270 g/mol. The molecular formula is C14H22O5. The van der Waals surface area contributed by atoms with E-state index in [4.69, 9.17) is 18.9 Å². The molecule has 4 atom stereocenters. The molecule has 19 heavy (non-hydrogen) atoms. The highest BCUT2D eigenvalue weighted by Gasteiger charge is 2.46. The number of fused-ring (bicyclic) bond motifs is 2. The van der Waals surface area contributed by atoms with Crippen molar-refractivity contribution < 1.29 is 23.7 Å². The number of carbonyl (C=O) groups excluding carboxylic acids is 1. The maximum Gasteiger partial charge on any atom is 0.302 e. The Morgan fingerprint density at radius 2 is 1.74 bits per heavy atom. The minimum absolute atomic E-state index is 0.0600. The first-order chi connectivity index (χ1) is 9.22. The van der Waals surface area contributed by atoms with Crippen molar-refractivity contribution in [3.63, 3.8) is 0 Å². The molecule has 2 heterocycles. The van der Waals surface area contributed by atoms with Gasteiger partial charge >= 0.3 is 5.97 Å². The van der Waals surface area contributed by atoms with Crippen LogP contribution in [0, 0.1) is 11.8 Å². The lowest BCUT2D eigenvalue weighted by Crippen LogP contribution is -2.32. The van der Waals surface area contributed by atoms with Gasteiger partial charge in [-0.25, -0.2) is 0 Å². The summed E-state index contributed by atoms with van der Waals surface area (Å²) in [5.74, 6) is 0.213. The minimum Gasteiger partial charge on any atom is -0.465 e. The molecule has 0 unspecified atom stereocenters. The third-order valence-corrected chi connectivity index (χ3v) is 3.56. The zero-order valence-corrected chi connectivity index (χ0v) is 11.5. The average Bonchev–Trinajstić information content (AvgIpc) is 2.97. The Morgan fingerprint density at radius 1 is 1.11 bits per heavy atom. The van der Waals surface area contributed by atoms with Gasteiger partial charge in [-0.3, -0.25) is 4.79 Å². The van der Waals surface area contributed by atoms with Crippen LogP contribution in [0.5, 0.6) is 0 Å². The highest BCUT2D eigenvalue weighted by atomic mass is 16.5. The minimum atomic E-state index is -0.247. The zero-order valence-electron chi connectivity index (χ0n) is 11.5. The van der Waals surface area contributed by atoms with Crippen molar-refractivity contribution >= 4 is 5.97 Å². The van der Waals surface area contributed by atoms with E-state index >= 15 is 0 Å². The number of hydrogen-bond acceptors (Lipinski definition) is 5. The molecule has 0 N–H and O–H groups in total. The number of ether oxygens (including phenoxy) is 4. The summed E-state index contributed by atoms with van der Waals surface area (Å²) in [7, 11) is 0. The maximum absolute atomic E-state index is 10.9. The molecule has 0 aromatic carbocycles. The van der Waals surface area contributed by atoms with Gasteiger partial charge in [-0.05, 0) is 6.92 Å². The normalized spacial score (nSPS) is 31.9. The van der Waals surface area contributed by atoms with Crippen molar-refractivity contribution in [3.8, 4) is 0 Å². The van der Waals surface area contributed by atoms with Crippen molar-refractivity contribution in [3.05, 3.63) is 12.2 Å². The van der Waals surface area contributed by atoms with Gasteiger partial charge in [0.2, 0.25) is 0 Å². The number of rotatable bonds is 8. The lowest BCUT2D eigenvalue weighted by molar-refractivity contribution is -0.143. The molecule has 0 amide bonds. The summed E-state index contributed by atoms with van der Waals surface area (Å²) in [6, 6.07) is 0. The van der Waals surface area contributed by atoms with E-state index in [0.29, 0.717) is 33.0 Å². The van der Waals surface area contributed by atoms with Crippen LogP contribution < -0.4 is 0 Å². The van der Waals surface area contributed by atoms with E-state index in [1.807, 2.05) is 6.92 Å². The highest BCUT2D eigenvalue weighted by molar-refractivity contribution is 5.65. The van der Waals surface area contributed by atoms with Gasteiger partial charge in [0.05, 0.1) is 38.6 Å². The molecule has 5 heteroatoms. The summed E-state index contributed by atoms with van der Waals surface area (Å²) in [6.45, 7) is 6.32. The molecule has 0 aromatic rings. The topological polar surface area (TPSA) is 54.0 Å². The van der Waals surface area contributed by atoms with Crippen LogP contribution in [0.2, 0.25) is 0 Å². The Morgan fingerprint density at radius 3 is 2.37 bits per heavy atom. The van der Waals surface area contributed by atoms with E-state index in [0.717, 1.165) is 0 Å². The van der Waals surface area contributed by atoms with E-state index in [9.17, 15) is 4.79 Å². The van der Waals surface area contributed by atoms with Gasteiger partial charge in [0.15, 0.2) is 0 Å².